The van der Waals surface area contributed by atoms with Crippen molar-refractivity contribution in [2.75, 3.05) is 7.11 Å². The third-order valence-corrected chi connectivity index (χ3v) is 3.78. The van der Waals surface area contributed by atoms with E-state index in [9.17, 15) is 18.0 Å². The summed E-state index contributed by atoms with van der Waals surface area (Å²) in [5.74, 6) is -2.02. The van der Waals surface area contributed by atoms with E-state index in [0.717, 1.165) is 0 Å². The summed E-state index contributed by atoms with van der Waals surface area (Å²) in [5.41, 5.74) is 1.78. The molecule has 0 atom stereocenters. The molecule has 0 aliphatic carbocycles. The molecule has 0 spiro atoms. The van der Waals surface area contributed by atoms with E-state index in [-0.39, 0.29) is 18.1 Å². The number of hydrogen-bond donors (Lipinski definition) is 1. The fraction of sp³-hybridized carbons (Fsp3) is 0.158. The predicted molar refractivity (Wildman–Crippen MR) is 96.6 cm³/mol. The minimum atomic E-state index is -4.70. The van der Waals surface area contributed by atoms with Crippen LogP contribution in [0.2, 0.25) is 0 Å². The second kappa shape index (κ2) is 8.55. The molecule has 1 heterocycles. The van der Waals surface area contributed by atoms with Crippen molar-refractivity contribution in [2.45, 2.75) is 12.7 Å². The molecule has 0 aliphatic rings. The molecule has 3 aromatic rings. The topological polar surface area (TPSA) is 89.6 Å². The highest BCUT2D eigenvalue weighted by molar-refractivity contribution is 6.45. The fourth-order valence-corrected chi connectivity index (χ4v) is 2.41. The van der Waals surface area contributed by atoms with E-state index in [1.54, 1.807) is 36.4 Å². The van der Waals surface area contributed by atoms with Gasteiger partial charge in [0, 0.05) is 17.7 Å². The second-order valence-electron chi connectivity index (χ2n) is 5.79. The van der Waals surface area contributed by atoms with Crippen LogP contribution in [0.25, 0.3) is 11.4 Å². The molecule has 0 aliphatic heterocycles. The average Bonchev–Trinajstić information content (AvgIpc) is 3.22. The summed E-state index contributed by atoms with van der Waals surface area (Å²) in [6.07, 6.45) is -4.70. The maximum atomic E-state index is 12.5. The van der Waals surface area contributed by atoms with Crippen LogP contribution in [0.3, 0.4) is 0 Å². The molecular formula is C19H15F3N4O3. The molecule has 1 amide bonds. The summed E-state index contributed by atoms with van der Waals surface area (Å²) >= 11 is 0. The predicted octanol–water partition coefficient (Wildman–Crippen LogP) is 3.42. The zero-order valence-corrected chi connectivity index (χ0v) is 15.1. The Morgan fingerprint density at radius 3 is 2.41 bits per heavy atom. The van der Waals surface area contributed by atoms with E-state index in [2.05, 4.69) is 25.1 Å². The van der Waals surface area contributed by atoms with Gasteiger partial charge in [-0.3, -0.25) is 4.79 Å². The van der Waals surface area contributed by atoms with Crippen LogP contribution in [0.15, 0.2) is 64.3 Å². The van der Waals surface area contributed by atoms with Gasteiger partial charge in [0.2, 0.25) is 5.82 Å². The van der Waals surface area contributed by atoms with Gasteiger partial charge in [0.05, 0.1) is 0 Å². The first kappa shape index (κ1) is 20.1. The Labute approximate surface area is 163 Å². The molecule has 0 unspecified atom stereocenters. The van der Waals surface area contributed by atoms with Gasteiger partial charge in [0.25, 0.3) is 5.91 Å². The molecule has 3 rings (SSSR count). The van der Waals surface area contributed by atoms with Crippen molar-refractivity contribution >= 4 is 11.6 Å². The maximum absolute atomic E-state index is 12.5. The first-order valence-corrected chi connectivity index (χ1v) is 8.33. The lowest BCUT2D eigenvalue weighted by Gasteiger charge is -2.08. The number of amides is 1. The Bertz CT molecular complexity index is 1000. The van der Waals surface area contributed by atoms with Crippen molar-refractivity contribution in [1.29, 1.82) is 0 Å². The van der Waals surface area contributed by atoms with Crippen LogP contribution in [-0.4, -0.2) is 28.9 Å². The number of aromatic nitrogens is 2. The number of oxime groups is 1. The van der Waals surface area contributed by atoms with E-state index in [1.807, 2.05) is 6.07 Å². The van der Waals surface area contributed by atoms with Gasteiger partial charge in [-0.25, -0.2) is 0 Å². The fourth-order valence-electron chi connectivity index (χ4n) is 2.41. The molecular weight excluding hydrogens is 389 g/mol. The Hall–Kier alpha value is -3.69. The number of halogens is 3. The number of alkyl halides is 3. The maximum Gasteiger partial charge on any atom is 0.471 e. The van der Waals surface area contributed by atoms with Crippen LogP contribution in [0.1, 0.15) is 17.0 Å². The lowest BCUT2D eigenvalue weighted by atomic mass is 10.1. The van der Waals surface area contributed by atoms with Crippen LogP contribution in [0.5, 0.6) is 0 Å². The summed E-state index contributed by atoms with van der Waals surface area (Å²) in [4.78, 5) is 20.5. The van der Waals surface area contributed by atoms with Crippen molar-refractivity contribution in [2.24, 2.45) is 5.16 Å². The van der Waals surface area contributed by atoms with Crippen LogP contribution >= 0.6 is 0 Å². The number of carbonyl (C=O) groups is 1. The van der Waals surface area contributed by atoms with Gasteiger partial charge < -0.3 is 14.7 Å². The number of hydrogen-bond acceptors (Lipinski definition) is 6. The standard InChI is InChI=1S/C19H15F3N4O3/c1-28-25-15(13-5-3-2-4-6-13)17(27)23-11-12-7-9-14(10-8-12)16-24-18(29-26-16)19(20,21)22/h2-10H,11H2,1H3,(H,23,27). The summed E-state index contributed by atoms with van der Waals surface area (Å²) in [6.45, 7) is 0.175. The van der Waals surface area contributed by atoms with Crippen molar-refractivity contribution in [1.82, 2.24) is 15.5 Å². The summed E-state index contributed by atoms with van der Waals surface area (Å²) in [7, 11) is 1.34. The highest BCUT2D eigenvalue weighted by Gasteiger charge is 2.38. The number of benzene rings is 2. The van der Waals surface area contributed by atoms with Crippen molar-refractivity contribution < 1.29 is 27.3 Å². The minimum absolute atomic E-state index is 0.121. The summed E-state index contributed by atoms with van der Waals surface area (Å²) < 4.78 is 41.9. The van der Waals surface area contributed by atoms with Crippen LogP contribution in [0, 0.1) is 0 Å². The normalized spacial score (nSPS) is 11.9. The Balaban J connectivity index is 1.66. The smallest absolute Gasteiger partial charge is 0.398 e. The Kier molecular flexibility index (Phi) is 5.91. The molecule has 150 valence electrons. The SMILES string of the molecule is CON=C(C(=O)NCc1ccc(-c2noc(C(F)(F)F)n2)cc1)c1ccccc1. The number of nitrogens with zero attached hydrogens (tertiary/aromatic N) is 3. The zero-order valence-electron chi connectivity index (χ0n) is 15.1. The number of nitrogens with one attached hydrogen (secondary N) is 1. The second-order valence-corrected chi connectivity index (χ2v) is 5.79. The van der Waals surface area contributed by atoms with E-state index in [4.69, 9.17) is 4.84 Å². The molecule has 1 aromatic heterocycles. The van der Waals surface area contributed by atoms with E-state index in [1.165, 1.54) is 19.2 Å². The molecule has 29 heavy (non-hydrogen) atoms. The van der Waals surface area contributed by atoms with Gasteiger partial charge >= 0.3 is 12.1 Å². The third kappa shape index (κ3) is 4.98. The molecule has 0 saturated carbocycles. The monoisotopic (exact) mass is 404 g/mol. The van der Waals surface area contributed by atoms with Crippen molar-refractivity contribution in [3.63, 3.8) is 0 Å². The van der Waals surface area contributed by atoms with Gasteiger partial charge in [-0.15, -0.1) is 0 Å². The molecule has 7 nitrogen and oxygen atoms in total. The summed E-state index contributed by atoms with van der Waals surface area (Å²) in [5, 5.41) is 9.81. The van der Waals surface area contributed by atoms with Crippen molar-refractivity contribution in [3.8, 4) is 11.4 Å². The molecule has 0 saturated heterocycles. The molecule has 10 heteroatoms. The van der Waals surface area contributed by atoms with Crippen LogP contribution in [-0.2, 0) is 22.4 Å². The van der Waals surface area contributed by atoms with E-state index >= 15 is 0 Å². The highest BCUT2D eigenvalue weighted by atomic mass is 19.4. The zero-order chi connectivity index (χ0) is 20.9. The summed E-state index contributed by atoms with van der Waals surface area (Å²) in [6, 6.07) is 15.2. The van der Waals surface area contributed by atoms with Gasteiger partial charge in [0.15, 0.2) is 5.71 Å². The van der Waals surface area contributed by atoms with E-state index < -0.39 is 18.0 Å². The van der Waals surface area contributed by atoms with Crippen LogP contribution < -0.4 is 5.32 Å². The molecule has 2 aromatic carbocycles. The Morgan fingerprint density at radius 1 is 1.14 bits per heavy atom. The minimum Gasteiger partial charge on any atom is -0.398 e. The van der Waals surface area contributed by atoms with Gasteiger partial charge in [0.1, 0.15) is 7.11 Å². The quantitative estimate of drug-likeness (QED) is 0.502. The first-order chi connectivity index (χ1) is 13.9. The average molecular weight is 404 g/mol. The highest BCUT2D eigenvalue weighted by Crippen LogP contribution is 2.29. The third-order valence-electron chi connectivity index (χ3n) is 3.78. The molecule has 1 N–H and O–H groups in total. The van der Waals surface area contributed by atoms with Gasteiger partial charge in [-0.05, 0) is 5.56 Å². The lowest BCUT2D eigenvalue weighted by molar-refractivity contribution is -0.159. The Morgan fingerprint density at radius 2 is 1.83 bits per heavy atom. The largest absolute Gasteiger partial charge is 0.471 e. The van der Waals surface area contributed by atoms with E-state index in [0.29, 0.717) is 16.7 Å². The molecule has 0 radical (unpaired) electrons. The number of carbonyl (C=O) groups excluding carboxylic acids is 1. The first-order valence-electron chi connectivity index (χ1n) is 8.33. The van der Waals surface area contributed by atoms with Gasteiger partial charge in [-0.1, -0.05) is 64.9 Å². The molecule has 0 fully saturated rings. The lowest BCUT2D eigenvalue weighted by Crippen LogP contribution is -2.31. The number of rotatable bonds is 6. The van der Waals surface area contributed by atoms with Crippen LogP contribution in [0.4, 0.5) is 13.2 Å². The van der Waals surface area contributed by atoms with Crippen molar-refractivity contribution in [3.05, 3.63) is 71.6 Å². The molecule has 0 bridgehead atoms. The van der Waals surface area contributed by atoms with Gasteiger partial charge in [-0.2, -0.15) is 18.2 Å².